The quantitative estimate of drug-likeness (QED) is 0.389. The van der Waals surface area contributed by atoms with E-state index in [0.29, 0.717) is 13.0 Å². The zero-order valence-electron chi connectivity index (χ0n) is 5.37. The van der Waals surface area contributed by atoms with Gasteiger partial charge in [0.25, 0.3) is 10.1 Å². The molecule has 0 aromatic carbocycles. The Bertz CT molecular complexity index is 143. The average Bonchev–Trinajstić information content (AvgIpc) is 1.59. The van der Waals surface area contributed by atoms with E-state index in [0.717, 1.165) is 0 Å². The van der Waals surface area contributed by atoms with E-state index < -0.39 is 10.1 Å². The van der Waals surface area contributed by atoms with Gasteiger partial charge in [-0.1, -0.05) is 0 Å². The summed E-state index contributed by atoms with van der Waals surface area (Å²) < 4.78 is 27.8. The monoisotopic (exact) mass is 146 g/mol. The number of nitrogens with two attached hydrogens (primary N) is 1. The molecular formula is C3H9LiNO3S. The summed E-state index contributed by atoms with van der Waals surface area (Å²) >= 11 is 0. The maximum Gasteiger partial charge on any atom is 0.264 e. The van der Waals surface area contributed by atoms with Crippen molar-refractivity contribution in [3.63, 3.8) is 0 Å². The molecule has 0 saturated carbocycles. The van der Waals surface area contributed by atoms with Gasteiger partial charge in [0.1, 0.15) is 0 Å². The van der Waals surface area contributed by atoms with E-state index in [4.69, 9.17) is 10.3 Å². The van der Waals surface area contributed by atoms with Gasteiger partial charge < -0.3 is 5.73 Å². The van der Waals surface area contributed by atoms with Crippen LogP contribution in [0, 0.1) is 0 Å². The summed E-state index contributed by atoms with van der Waals surface area (Å²) in [5.41, 5.74) is 4.96. The van der Waals surface area contributed by atoms with Gasteiger partial charge in [0.2, 0.25) is 0 Å². The molecule has 0 bridgehead atoms. The Kier molecular flexibility index (Phi) is 7.12. The summed E-state index contributed by atoms with van der Waals surface area (Å²) in [5.74, 6) is -0.233. The Hall–Kier alpha value is 0.467. The molecule has 0 atom stereocenters. The van der Waals surface area contributed by atoms with Crippen molar-refractivity contribution >= 4 is 29.0 Å². The van der Waals surface area contributed by atoms with Crippen molar-refractivity contribution in [2.24, 2.45) is 5.73 Å². The van der Waals surface area contributed by atoms with Crippen molar-refractivity contribution in [2.45, 2.75) is 6.42 Å². The first-order valence-corrected chi connectivity index (χ1v) is 3.82. The van der Waals surface area contributed by atoms with E-state index >= 15 is 0 Å². The van der Waals surface area contributed by atoms with Crippen LogP contribution in [-0.2, 0) is 10.1 Å². The van der Waals surface area contributed by atoms with Crippen molar-refractivity contribution in [1.82, 2.24) is 0 Å². The predicted molar refractivity (Wildman–Crippen MR) is 35.8 cm³/mol. The van der Waals surface area contributed by atoms with E-state index in [1.807, 2.05) is 0 Å². The third-order valence-electron chi connectivity index (χ3n) is 0.606. The maximum absolute atomic E-state index is 9.89. The first-order chi connectivity index (χ1) is 3.56. The molecule has 0 aliphatic heterocycles. The molecule has 1 radical (unpaired) electrons. The minimum Gasteiger partial charge on any atom is -0.330 e. The fourth-order valence-corrected chi connectivity index (χ4v) is 0.797. The first-order valence-electron chi connectivity index (χ1n) is 2.21. The molecule has 0 amide bonds. The predicted octanol–water partition coefficient (Wildman–Crippen LogP) is -1.16. The van der Waals surface area contributed by atoms with Crippen LogP contribution in [0.1, 0.15) is 6.42 Å². The van der Waals surface area contributed by atoms with Crippen molar-refractivity contribution in [2.75, 3.05) is 12.3 Å². The molecule has 51 valence electrons. The van der Waals surface area contributed by atoms with Crippen LogP contribution in [0.5, 0.6) is 0 Å². The zero-order chi connectivity index (χ0) is 6.62. The third-order valence-corrected chi connectivity index (χ3v) is 1.41. The Morgan fingerprint density at radius 1 is 1.44 bits per heavy atom. The van der Waals surface area contributed by atoms with E-state index in [1.165, 1.54) is 0 Å². The van der Waals surface area contributed by atoms with Gasteiger partial charge in [-0.05, 0) is 13.0 Å². The molecule has 0 fully saturated rings. The second-order valence-corrected chi connectivity index (χ2v) is 3.00. The molecule has 0 unspecified atom stereocenters. The molecule has 0 saturated heterocycles. The van der Waals surface area contributed by atoms with Crippen LogP contribution in [0.15, 0.2) is 0 Å². The largest absolute Gasteiger partial charge is 0.330 e. The smallest absolute Gasteiger partial charge is 0.264 e. The van der Waals surface area contributed by atoms with Crippen molar-refractivity contribution in [3.8, 4) is 0 Å². The summed E-state index contributed by atoms with van der Waals surface area (Å²) in [5, 5.41) is 0. The van der Waals surface area contributed by atoms with Crippen LogP contribution in [0.3, 0.4) is 0 Å². The second-order valence-electron chi connectivity index (χ2n) is 1.43. The molecule has 9 heavy (non-hydrogen) atoms. The molecule has 0 aromatic heterocycles. The minimum atomic E-state index is -3.77. The first kappa shape index (κ1) is 12.2. The summed E-state index contributed by atoms with van der Waals surface area (Å²) in [7, 11) is -3.77. The van der Waals surface area contributed by atoms with Gasteiger partial charge in [0.15, 0.2) is 0 Å². The van der Waals surface area contributed by atoms with Gasteiger partial charge in [-0.25, -0.2) is 0 Å². The van der Waals surface area contributed by atoms with Gasteiger partial charge in [-0.3, -0.25) is 4.55 Å². The maximum atomic E-state index is 9.89. The SMILES string of the molecule is NCCCS(=O)(=O)O.[Li]. The molecule has 4 nitrogen and oxygen atoms in total. The van der Waals surface area contributed by atoms with E-state index in [2.05, 4.69) is 0 Å². The van der Waals surface area contributed by atoms with Gasteiger partial charge in [0, 0.05) is 18.9 Å². The minimum absolute atomic E-state index is 0. The number of hydrogen-bond donors (Lipinski definition) is 2. The van der Waals surface area contributed by atoms with Gasteiger partial charge in [0.05, 0.1) is 5.75 Å². The van der Waals surface area contributed by atoms with Crippen molar-refractivity contribution < 1.29 is 13.0 Å². The summed E-state index contributed by atoms with van der Waals surface area (Å²) in [6.45, 7) is 0.291. The van der Waals surface area contributed by atoms with Gasteiger partial charge in [-0.2, -0.15) is 8.42 Å². The van der Waals surface area contributed by atoms with Crippen molar-refractivity contribution in [3.05, 3.63) is 0 Å². The molecule has 6 heteroatoms. The molecule has 0 spiro atoms. The molecule has 0 aliphatic rings. The Morgan fingerprint density at radius 2 is 1.89 bits per heavy atom. The molecule has 0 rings (SSSR count). The Labute approximate surface area is 66.7 Å². The molecule has 0 aliphatic carbocycles. The van der Waals surface area contributed by atoms with Crippen LogP contribution in [-0.4, -0.2) is 44.1 Å². The topological polar surface area (TPSA) is 80.4 Å². The zero-order valence-corrected chi connectivity index (χ0v) is 6.19. The number of hydrogen-bond acceptors (Lipinski definition) is 3. The molecular weight excluding hydrogens is 137 g/mol. The summed E-state index contributed by atoms with van der Waals surface area (Å²) in [4.78, 5) is 0. The normalized spacial score (nSPS) is 10.4. The average molecular weight is 146 g/mol. The fraction of sp³-hybridized carbons (Fsp3) is 1.00. The van der Waals surface area contributed by atoms with Crippen LogP contribution in [0.4, 0.5) is 0 Å². The van der Waals surface area contributed by atoms with Crippen molar-refractivity contribution in [1.29, 1.82) is 0 Å². The third kappa shape index (κ3) is 11.8. The van der Waals surface area contributed by atoms with E-state index in [9.17, 15) is 8.42 Å². The van der Waals surface area contributed by atoms with Crippen LogP contribution < -0.4 is 5.73 Å². The Morgan fingerprint density at radius 3 is 2.00 bits per heavy atom. The second kappa shape index (κ2) is 5.27. The fourth-order valence-electron chi connectivity index (χ4n) is 0.266. The standard InChI is InChI=1S/C3H9NO3S.Li/c4-2-1-3-8(5,6)7;/h1-4H2,(H,5,6,7);. The molecule has 0 aromatic rings. The van der Waals surface area contributed by atoms with Crippen LogP contribution >= 0.6 is 0 Å². The van der Waals surface area contributed by atoms with Crippen LogP contribution in [0.2, 0.25) is 0 Å². The van der Waals surface area contributed by atoms with Crippen LogP contribution in [0.25, 0.3) is 0 Å². The summed E-state index contributed by atoms with van der Waals surface area (Å²) in [6.07, 6.45) is 0.318. The summed E-state index contributed by atoms with van der Waals surface area (Å²) in [6, 6.07) is 0. The molecule has 3 N–H and O–H groups in total. The molecule has 0 heterocycles. The van der Waals surface area contributed by atoms with Gasteiger partial charge >= 0.3 is 0 Å². The Balaban J connectivity index is 0. The van der Waals surface area contributed by atoms with Gasteiger partial charge in [-0.15, -0.1) is 0 Å². The van der Waals surface area contributed by atoms with E-state index in [1.54, 1.807) is 0 Å². The van der Waals surface area contributed by atoms with E-state index in [-0.39, 0.29) is 24.6 Å². The number of rotatable bonds is 3.